The minimum Gasteiger partial charge on any atom is -0.496 e. The van der Waals surface area contributed by atoms with Gasteiger partial charge in [-0.2, -0.15) is 0 Å². The highest BCUT2D eigenvalue weighted by Gasteiger charge is 2.07. The van der Waals surface area contributed by atoms with E-state index < -0.39 is 5.97 Å². The summed E-state index contributed by atoms with van der Waals surface area (Å²) >= 11 is 0. The number of amides is 1. The Morgan fingerprint density at radius 2 is 1.95 bits per heavy atom. The molecule has 1 N–H and O–H groups in total. The van der Waals surface area contributed by atoms with E-state index >= 15 is 0 Å². The van der Waals surface area contributed by atoms with E-state index in [9.17, 15) is 9.59 Å². The number of benzene rings is 1. The van der Waals surface area contributed by atoms with Gasteiger partial charge in [-0.05, 0) is 19.9 Å². The summed E-state index contributed by atoms with van der Waals surface area (Å²) in [4.78, 5) is 22.8. The van der Waals surface area contributed by atoms with Gasteiger partial charge in [0.1, 0.15) is 5.75 Å². The van der Waals surface area contributed by atoms with Crippen LogP contribution in [-0.4, -0.2) is 25.6 Å². The fourth-order valence-corrected chi connectivity index (χ4v) is 1.51. The third-order valence-corrected chi connectivity index (χ3v) is 2.42. The Bertz CT molecular complexity index is 504. The lowest BCUT2D eigenvalue weighted by atomic mass is 10.2. The topological polar surface area (TPSA) is 64.6 Å². The summed E-state index contributed by atoms with van der Waals surface area (Å²) in [7, 11) is 1.57. The molecule has 0 aliphatic rings. The zero-order valence-electron chi connectivity index (χ0n) is 11.9. The number of hydrogen-bond acceptors (Lipinski definition) is 4. The molecule has 5 heteroatoms. The minimum absolute atomic E-state index is 0.294. The van der Waals surface area contributed by atoms with Crippen LogP contribution in [0.15, 0.2) is 35.9 Å². The molecule has 0 unspecified atom stereocenters. The number of ether oxygens (including phenoxy) is 2. The molecule has 0 radical (unpaired) electrons. The standard InChI is InChI=1S/C15H19NO4/c1-11(2)8-15(18)20-10-14(17)16-9-12-6-4-5-7-13(12)19-3/h4-8H,9-10H2,1-3H3,(H,16,17). The Morgan fingerprint density at radius 1 is 1.25 bits per heavy atom. The van der Waals surface area contributed by atoms with Crippen molar-refractivity contribution in [3.05, 3.63) is 41.5 Å². The Balaban J connectivity index is 2.40. The second-order valence-electron chi connectivity index (χ2n) is 4.42. The van der Waals surface area contributed by atoms with Gasteiger partial charge >= 0.3 is 5.97 Å². The van der Waals surface area contributed by atoms with Crippen molar-refractivity contribution in [2.24, 2.45) is 0 Å². The van der Waals surface area contributed by atoms with Crippen LogP contribution < -0.4 is 10.1 Å². The first-order chi connectivity index (χ1) is 9.52. The molecule has 0 aromatic heterocycles. The molecule has 1 amide bonds. The van der Waals surface area contributed by atoms with Crippen LogP contribution in [0.3, 0.4) is 0 Å². The number of esters is 1. The molecular formula is C15H19NO4. The summed E-state index contributed by atoms with van der Waals surface area (Å²) in [6.07, 6.45) is 1.34. The number of rotatable bonds is 6. The third-order valence-electron chi connectivity index (χ3n) is 2.42. The molecule has 1 rings (SSSR count). The van der Waals surface area contributed by atoms with E-state index in [1.165, 1.54) is 6.08 Å². The van der Waals surface area contributed by atoms with Crippen LogP contribution in [0.4, 0.5) is 0 Å². The van der Waals surface area contributed by atoms with Gasteiger partial charge < -0.3 is 14.8 Å². The van der Waals surface area contributed by atoms with Gasteiger partial charge in [0.2, 0.25) is 0 Å². The molecule has 108 valence electrons. The van der Waals surface area contributed by atoms with Crippen molar-refractivity contribution in [2.45, 2.75) is 20.4 Å². The molecule has 0 saturated heterocycles. The van der Waals surface area contributed by atoms with Crippen LogP contribution in [0.2, 0.25) is 0 Å². The van der Waals surface area contributed by atoms with Gasteiger partial charge in [-0.1, -0.05) is 23.8 Å². The summed E-state index contributed by atoms with van der Waals surface area (Å²) < 4.78 is 9.98. The van der Waals surface area contributed by atoms with Gasteiger partial charge in [-0.15, -0.1) is 0 Å². The molecule has 1 aromatic rings. The van der Waals surface area contributed by atoms with Gasteiger partial charge in [0.25, 0.3) is 5.91 Å². The predicted octanol–water partition coefficient (Wildman–Crippen LogP) is 1.82. The fraction of sp³-hybridized carbons (Fsp3) is 0.333. The maximum Gasteiger partial charge on any atom is 0.331 e. The van der Waals surface area contributed by atoms with Crippen LogP contribution in [0.5, 0.6) is 5.75 Å². The van der Waals surface area contributed by atoms with E-state index in [0.29, 0.717) is 12.3 Å². The van der Waals surface area contributed by atoms with Crippen molar-refractivity contribution in [2.75, 3.05) is 13.7 Å². The van der Waals surface area contributed by atoms with E-state index in [0.717, 1.165) is 11.1 Å². The summed E-state index contributed by atoms with van der Waals surface area (Å²) in [6.45, 7) is 3.59. The second-order valence-corrected chi connectivity index (χ2v) is 4.42. The second kappa shape index (κ2) is 7.99. The van der Waals surface area contributed by atoms with Gasteiger partial charge in [0.05, 0.1) is 7.11 Å². The number of nitrogens with one attached hydrogen (secondary N) is 1. The number of methoxy groups -OCH3 is 1. The molecule has 1 aromatic carbocycles. The van der Waals surface area contributed by atoms with Crippen LogP contribution in [0, 0.1) is 0 Å². The number of para-hydroxylation sites is 1. The predicted molar refractivity (Wildman–Crippen MR) is 75.2 cm³/mol. The van der Waals surface area contributed by atoms with Gasteiger partial charge in [-0.25, -0.2) is 4.79 Å². The van der Waals surface area contributed by atoms with Crippen molar-refractivity contribution < 1.29 is 19.1 Å². The maximum absolute atomic E-state index is 11.6. The average Bonchev–Trinajstić information content (AvgIpc) is 2.42. The first-order valence-corrected chi connectivity index (χ1v) is 6.23. The number of carbonyl (C=O) groups excluding carboxylic acids is 2. The Kier molecular flexibility index (Phi) is 6.29. The lowest BCUT2D eigenvalue weighted by molar-refractivity contribution is -0.143. The Morgan fingerprint density at radius 3 is 2.60 bits per heavy atom. The molecule has 0 aliphatic heterocycles. The normalized spacial score (nSPS) is 9.55. The molecule has 0 aliphatic carbocycles. The Labute approximate surface area is 118 Å². The van der Waals surface area contributed by atoms with Crippen molar-refractivity contribution in [1.82, 2.24) is 5.32 Å². The van der Waals surface area contributed by atoms with E-state index in [-0.39, 0.29) is 12.5 Å². The van der Waals surface area contributed by atoms with Crippen LogP contribution in [-0.2, 0) is 20.9 Å². The highest BCUT2D eigenvalue weighted by atomic mass is 16.5. The van der Waals surface area contributed by atoms with Crippen LogP contribution in [0.25, 0.3) is 0 Å². The molecule has 0 heterocycles. The molecule has 20 heavy (non-hydrogen) atoms. The average molecular weight is 277 g/mol. The molecule has 0 bridgehead atoms. The molecular weight excluding hydrogens is 258 g/mol. The maximum atomic E-state index is 11.6. The summed E-state index contributed by atoms with van der Waals surface area (Å²) in [6, 6.07) is 7.38. The van der Waals surface area contributed by atoms with Gasteiger partial charge in [0.15, 0.2) is 6.61 Å². The van der Waals surface area contributed by atoms with Gasteiger partial charge in [-0.3, -0.25) is 4.79 Å². The van der Waals surface area contributed by atoms with Crippen LogP contribution in [0.1, 0.15) is 19.4 Å². The van der Waals surface area contributed by atoms with E-state index in [1.807, 2.05) is 24.3 Å². The lowest BCUT2D eigenvalue weighted by Crippen LogP contribution is -2.28. The first kappa shape index (κ1) is 15.8. The van der Waals surface area contributed by atoms with Crippen LogP contribution >= 0.6 is 0 Å². The first-order valence-electron chi connectivity index (χ1n) is 6.23. The van der Waals surface area contributed by atoms with Crippen molar-refractivity contribution >= 4 is 11.9 Å². The molecule has 0 atom stereocenters. The molecule has 0 saturated carbocycles. The largest absolute Gasteiger partial charge is 0.496 e. The van der Waals surface area contributed by atoms with E-state index in [4.69, 9.17) is 9.47 Å². The SMILES string of the molecule is COc1ccccc1CNC(=O)COC(=O)C=C(C)C. The van der Waals surface area contributed by atoms with Gasteiger partial charge in [0, 0.05) is 18.2 Å². The molecule has 0 fully saturated rings. The monoisotopic (exact) mass is 277 g/mol. The molecule has 0 spiro atoms. The number of hydrogen-bond donors (Lipinski definition) is 1. The molecule has 5 nitrogen and oxygen atoms in total. The third kappa shape index (κ3) is 5.56. The van der Waals surface area contributed by atoms with E-state index in [2.05, 4.69) is 5.32 Å². The highest BCUT2D eigenvalue weighted by molar-refractivity contribution is 5.86. The zero-order valence-corrected chi connectivity index (χ0v) is 11.9. The van der Waals surface area contributed by atoms with Crippen molar-refractivity contribution in [3.8, 4) is 5.75 Å². The minimum atomic E-state index is -0.516. The summed E-state index contributed by atoms with van der Waals surface area (Å²) in [5.41, 5.74) is 1.68. The number of allylic oxidation sites excluding steroid dienone is 1. The summed E-state index contributed by atoms with van der Waals surface area (Å²) in [5.74, 6) is -0.168. The van der Waals surface area contributed by atoms with Crippen molar-refractivity contribution in [3.63, 3.8) is 0 Å². The fourth-order valence-electron chi connectivity index (χ4n) is 1.51. The quantitative estimate of drug-likeness (QED) is 0.636. The van der Waals surface area contributed by atoms with E-state index in [1.54, 1.807) is 21.0 Å². The smallest absolute Gasteiger partial charge is 0.331 e. The lowest BCUT2D eigenvalue weighted by Gasteiger charge is -2.09. The summed E-state index contributed by atoms with van der Waals surface area (Å²) in [5, 5.41) is 2.67. The van der Waals surface area contributed by atoms with Crippen molar-refractivity contribution in [1.29, 1.82) is 0 Å². The zero-order chi connectivity index (χ0) is 15.0. The number of carbonyl (C=O) groups is 2. The Hall–Kier alpha value is -2.30. The highest BCUT2D eigenvalue weighted by Crippen LogP contribution is 2.16.